The molecule has 0 aliphatic heterocycles. The first-order valence-electron chi connectivity index (χ1n) is 9.01. The summed E-state index contributed by atoms with van der Waals surface area (Å²) < 4.78 is 0. The number of para-hydroxylation sites is 1. The van der Waals surface area contributed by atoms with Crippen LogP contribution in [-0.4, -0.2) is 15.7 Å². The number of fused-ring (bicyclic) bond motifs is 1. The number of hydrogen-bond acceptors (Lipinski definition) is 3. The maximum atomic E-state index is 11.6. The molecular weight excluding hydrogens is 364 g/mol. The number of nitrogens with one attached hydrogen (secondary N) is 1. The van der Waals surface area contributed by atoms with Gasteiger partial charge in [0.25, 0.3) is 5.69 Å². The first-order valence-corrected chi connectivity index (χ1v) is 9.01. The van der Waals surface area contributed by atoms with E-state index in [1.54, 1.807) is 31.2 Å². The second-order valence-electron chi connectivity index (χ2n) is 6.61. The molecule has 4 rings (SSSR count). The van der Waals surface area contributed by atoms with E-state index >= 15 is 0 Å². The van der Waals surface area contributed by atoms with E-state index in [1.807, 2.05) is 36.4 Å². The van der Waals surface area contributed by atoms with Gasteiger partial charge >= 0.3 is 0 Å². The number of ketones is 1. The third-order valence-electron chi connectivity index (χ3n) is 4.70. The first-order chi connectivity index (χ1) is 14.0. The van der Waals surface area contributed by atoms with Crippen molar-refractivity contribution in [1.82, 2.24) is 4.98 Å². The molecule has 140 valence electrons. The van der Waals surface area contributed by atoms with Crippen molar-refractivity contribution < 1.29 is 9.72 Å². The molecule has 0 unspecified atom stereocenters. The number of Topliss-reactive ketones (excluding diaryl/α,β-unsaturated/α-hetero) is 1. The van der Waals surface area contributed by atoms with Crippen molar-refractivity contribution in [2.24, 2.45) is 0 Å². The average Bonchev–Trinajstić information content (AvgIpc) is 3.11. The van der Waals surface area contributed by atoms with Gasteiger partial charge in [-0.05, 0) is 30.7 Å². The molecule has 0 aliphatic carbocycles. The smallest absolute Gasteiger partial charge is 0.269 e. The molecule has 0 atom stereocenters. The van der Waals surface area contributed by atoms with E-state index in [9.17, 15) is 14.9 Å². The van der Waals surface area contributed by atoms with Crippen molar-refractivity contribution in [3.05, 3.63) is 99.6 Å². The van der Waals surface area contributed by atoms with Crippen LogP contribution in [-0.2, 0) is 0 Å². The van der Waals surface area contributed by atoms with Crippen LogP contribution >= 0.6 is 0 Å². The number of non-ortho nitro benzene ring substituents is 1. The third-order valence-corrected chi connectivity index (χ3v) is 4.70. The van der Waals surface area contributed by atoms with Crippen molar-refractivity contribution in [1.29, 1.82) is 0 Å². The van der Waals surface area contributed by atoms with Gasteiger partial charge in [-0.2, -0.15) is 0 Å². The minimum atomic E-state index is -0.431. The minimum Gasteiger partial charge on any atom is -0.353 e. The highest BCUT2D eigenvalue weighted by molar-refractivity contribution is 5.96. The third kappa shape index (κ3) is 3.64. The average molecular weight is 380 g/mol. The fraction of sp³-hybridized carbons (Fsp3) is 0.0417. The van der Waals surface area contributed by atoms with Crippen molar-refractivity contribution in [3.8, 4) is 23.1 Å². The minimum absolute atomic E-state index is 0.0198. The summed E-state index contributed by atoms with van der Waals surface area (Å²) in [7, 11) is 0. The van der Waals surface area contributed by atoms with Crippen LogP contribution in [0.4, 0.5) is 5.69 Å². The van der Waals surface area contributed by atoms with Gasteiger partial charge in [-0.3, -0.25) is 14.9 Å². The summed E-state index contributed by atoms with van der Waals surface area (Å²) in [6.07, 6.45) is 0. The van der Waals surface area contributed by atoms with Crippen LogP contribution in [0.5, 0.6) is 0 Å². The van der Waals surface area contributed by atoms with E-state index < -0.39 is 4.92 Å². The number of hydrogen-bond donors (Lipinski definition) is 1. The monoisotopic (exact) mass is 380 g/mol. The number of aromatic nitrogens is 1. The Kier molecular flexibility index (Phi) is 4.68. The van der Waals surface area contributed by atoms with Gasteiger partial charge in [0.1, 0.15) is 0 Å². The summed E-state index contributed by atoms with van der Waals surface area (Å²) in [6.45, 7) is 1.54. The normalized spacial score (nSPS) is 10.4. The Morgan fingerprint density at radius 1 is 0.931 bits per heavy atom. The van der Waals surface area contributed by atoms with Crippen LogP contribution in [0.25, 0.3) is 22.2 Å². The number of aromatic amines is 1. The number of carbonyl (C=O) groups is 1. The molecule has 5 nitrogen and oxygen atoms in total. The summed E-state index contributed by atoms with van der Waals surface area (Å²) in [6, 6.07) is 21.5. The van der Waals surface area contributed by atoms with Gasteiger partial charge in [-0.15, -0.1) is 0 Å². The number of carbonyl (C=O) groups excluding carboxylic acids is 1. The predicted octanol–water partition coefficient (Wildman–Crippen LogP) is 5.35. The molecule has 0 saturated heterocycles. The molecule has 0 radical (unpaired) electrons. The van der Waals surface area contributed by atoms with E-state index in [0.29, 0.717) is 11.1 Å². The zero-order valence-electron chi connectivity index (χ0n) is 15.6. The highest BCUT2D eigenvalue weighted by Crippen LogP contribution is 2.30. The lowest BCUT2D eigenvalue weighted by atomic mass is 10.0. The van der Waals surface area contributed by atoms with Gasteiger partial charge in [-0.1, -0.05) is 54.3 Å². The van der Waals surface area contributed by atoms with E-state index in [-0.39, 0.29) is 11.5 Å². The van der Waals surface area contributed by atoms with E-state index in [2.05, 4.69) is 16.8 Å². The zero-order chi connectivity index (χ0) is 20.4. The van der Waals surface area contributed by atoms with Gasteiger partial charge in [-0.25, -0.2) is 0 Å². The topological polar surface area (TPSA) is 76.0 Å². The van der Waals surface area contributed by atoms with Gasteiger partial charge in [0.05, 0.1) is 16.2 Å². The lowest BCUT2D eigenvalue weighted by molar-refractivity contribution is -0.384. The zero-order valence-corrected chi connectivity index (χ0v) is 15.6. The highest BCUT2D eigenvalue weighted by atomic mass is 16.6. The second-order valence-corrected chi connectivity index (χ2v) is 6.61. The number of H-pyrrole nitrogens is 1. The molecule has 1 heterocycles. The molecule has 4 aromatic rings. The molecule has 1 aromatic heterocycles. The SMILES string of the molecule is CC(=O)c1ccc(-c2[nH]c3ccccc3c2C#Cc2ccc([N+](=O)[O-])cc2)cc1. The van der Waals surface area contributed by atoms with Crippen LogP contribution in [0.15, 0.2) is 72.8 Å². The lowest BCUT2D eigenvalue weighted by Gasteiger charge is -2.02. The van der Waals surface area contributed by atoms with Gasteiger partial charge in [0, 0.05) is 34.2 Å². The van der Waals surface area contributed by atoms with E-state index in [1.165, 1.54) is 12.1 Å². The lowest BCUT2D eigenvalue weighted by Crippen LogP contribution is -1.91. The maximum absolute atomic E-state index is 11.6. The number of nitrogens with zero attached hydrogens (tertiary/aromatic N) is 1. The number of nitro benzene ring substituents is 1. The van der Waals surface area contributed by atoms with Gasteiger partial charge in [0.15, 0.2) is 5.78 Å². The molecule has 0 spiro atoms. The summed E-state index contributed by atoms with van der Waals surface area (Å²) in [5.41, 5.74) is 4.99. The van der Waals surface area contributed by atoms with Crippen LogP contribution < -0.4 is 0 Å². The van der Waals surface area contributed by atoms with Crippen molar-refractivity contribution >= 4 is 22.4 Å². The largest absolute Gasteiger partial charge is 0.353 e. The molecule has 3 aromatic carbocycles. The predicted molar refractivity (Wildman–Crippen MR) is 113 cm³/mol. The van der Waals surface area contributed by atoms with Crippen LogP contribution in [0.1, 0.15) is 28.4 Å². The van der Waals surface area contributed by atoms with Crippen molar-refractivity contribution in [2.75, 3.05) is 0 Å². The molecular formula is C24H16N2O3. The van der Waals surface area contributed by atoms with Crippen molar-refractivity contribution in [3.63, 3.8) is 0 Å². The standard InChI is InChI=1S/C24H16N2O3/c1-16(27)18-9-11-19(12-10-18)24-22(21-4-2-3-5-23(21)25-24)15-8-17-6-13-20(14-7-17)26(28)29/h2-7,9-14,25H,1H3. The van der Waals surface area contributed by atoms with Crippen LogP contribution in [0.3, 0.4) is 0 Å². The second kappa shape index (κ2) is 7.45. The molecule has 0 saturated carbocycles. The molecule has 0 aliphatic rings. The Bertz CT molecular complexity index is 1290. The molecule has 5 heteroatoms. The summed E-state index contributed by atoms with van der Waals surface area (Å²) in [5.74, 6) is 6.34. The number of rotatable bonds is 3. The van der Waals surface area contributed by atoms with Crippen molar-refractivity contribution in [2.45, 2.75) is 6.92 Å². The fourth-order valence-corrected chi connectivity index (χ4v) is 3.16. The number of benzene rings is 3. The Hall–Kier alpha value is -4.17. The van der Waals surface area contributed by atoms with Crippen LogP contribution in [0, 0.1) is 22.0 Å². The van der Waals surface area contributed by atoms with E-state index in [4.69, 9.17) is 0 Å². The molecule has 1 N–H and O–H groups in total. The molecule has 0 bridgehead atoms. The summed E-state index contributed by atoms with van der Waals surface area (Å²) >= 11 is 0. The molecule has 0 amide bonds. The highest BCUT2D eigenvalue weighted by Gasteiger charge is 2.12. The Labute approximate surface area is 167 Å². The quantitative estimate of drug-likeness (QED) is 0.225. The summed E-state index contributed by atoms with van der Waals surface area (Å²) in [4.78, 5) is 25.4. The van der Waals surface area contributed by atoms with Gasteiger partial charge in [0.2, 0.25) is 0 Å². The fourth-order valence-electron chi connectivity index (χ4n) is 3.16. The number of nitro groups is 1. The summed E-state index contributed by atoms with van der Waals surface area (Å²) in [5, 5.41) is 11.8. The van der Waals surface area contributed by atoms with Crippen LogP contribution in [0.2, 0.25) is 0 Å². The Morgan fingerprint density at radius 3 is 2.28 bits per heavy atom. The Balaban J connectivity index is 1.80. The molecule has 0 fully saturated rings. The Morgan fingerprint density at radius 2 is 1.62 bits per heavy atom. The van der Waals surface area contributed by atoms with Gasteiger partial charge < -0.3 is 4.98 Å². The first kappa shape index (κ1) is 18.2. The van der Waals surface area contributed by atoms with E-state index in [0.717, 1.165) is 27.7 Å². The maximum Gasteiger partial charge on any atom is 0.269 e. The molecule has 29 heavy (non-hydrogen) atoms.